The van der Waals surface area contributed by atoms with Gasteiger partial charge in [0.2, 0.25) is 0 Å². The summed E-state index contributed by atoms with van der Waals surface area (Å²) in [4.78, 5) is 15.3. The van der Waals surface area contributed by atoms with Gasteiger partial charge in [-0.1, -0.05) is 23.7 Å². The SMILES string of the molecule is Clc1cccc(C(C2OOCC2COc2ccc(-n3cccn3)cc2)n2ccnc2)c1. The first kappa shape index (κ1) is 19.8. The first-order valence-electron chi connectivity index (χ1n) is 10.0. The van der Waals surface area contributed by atoms with E-state index in [0.29, 0.717) is 18.2 Å². The van der Waals surface area contributed by atoms with E-state index in [1.807, 2.05) is 71.6 Å². The van der Waals surface area contributed by atoms with Crippen molar-refractivity contribution in [3.05, 3.63) is 96.3 Å². The highest BCUT2D eigenvalue weighted by atomic mass is 35.5. The minimum atomic E-state index is -0.254. The molecule has 3 unspecified atom stereocenters. The van der Waals surface area contributed by atoms with Gasteiger partial charge in [-0.25, -0.2) is 19.4 Å². The summed E-state index contributed by atoms with van der Waals surface area (Å²) in [6, 6.07) is 17.3. The summed E-state index contributed by atoms with van der Waals surface area (Å²) in [5.74, 6) is 0.806. The first-order valence-corrected chi connectivity index (χ1v) is 10.4. The molecule has 2 aromatic carbocycles. The number of imidazole rings is 1. The molecule has 0 spiro atoms. The molecule has 0 amide bonds. The lowest BCUT2D eigenvalue weighted by Gasteiger charge is -2.27. The van der Waals surface area contributed by atoms with E-state index in [4.69, 9.17) is 26.1 Å². The van der Waals surface area contributed by atoms with Crippen molar-refractivity contribution in [3.63, 3.8) is 0 Å². The molecule has 0 N–H and O–H groups in total. The summed E-state index contributed by atoms with van der Waals surface area (Å²) >= 11 is 6.26. The normalized spacial score (nSPS) is 19.4. The average molecular weight is 437 g/mol. The van der Waals surface area contributed by atoms with Gasteiger partial charge in [0.15, 0.2) is 0 Å². The van der Waals surface area contributed by atoms with Crippen molar-refractivity contribution in [1.82, 2.24) is 19.3 Å². The molecular formula is C23H21ClN4O3. The molecule has 0 radical (unpaired) electrons. The number of hydrogen-bond acceptors (Lipinski definition) is 5. The lowest BCUT2D eigenvalue weighted by atomic mass is 9.92. The number of ether oxygens (including phenoxy) is 1. The maximum Gasteiger partial charge on any atom is 0.126 e. The summed E-state index contributed by atoms with van der Waals surface area (Å²) in [6.07, 6.45) is 8.84. The summed E-state index contributed by atoms with van der Waals surface area (Å²) in [7, 11) is 0. The molecule has 1 saturated heterocycles. The molecule has 3 heterocycles. The quantitative estimate of drug-likeness (QED) is 0.403. The third kappa shape index (κ3) is 4.34. The molecule has 1 fully saturated rings. The lowest BCUT2D eigenvalue weighted by Crippen LogP contribution is -2.33. The van der Waals surface area contributed by atoms with Gasteiger partial charge in [-0.05, 0) is 48.0 Å². The van der Waals surface area contributed by atoms with E-state index in [2.05, 4.69) is 10.1 Å². The third-order valence-electron chi connectivity index (χ3n) is 5.34. The van der Waals surface area contributed by atoms with E-state index in [-0.39, 0.29) is 18.1 Å². The zero-order chi connectivity index (χ0) is 21.0. The fourth-order valence-electron chi connectivity index (χ4n) is 3.81. The van der Waals surface area contributed by atoms with Crippen LogP contribution in [-0.2, 0) is 9.78 Å². The highest BCUT2D eigenvalue weighted by Gasteiger charge is 2.39. The van der Waals surface area contributed by atoms with Crippen LogP contribution in [0.15, 0.2) is 85.7 Å². The van der Waals surface area contributed by atoms with Crippen LogP contribution in [0.5, 0.6) is 5.75 Å². The Hall–Kier alpha value is -3.13. The lowest BCUT2D eigenvalue weighted by molar-refractivity contribution is -0.279. The Bertz CT molecular complexity index is 1100. The van der Waals surface area contributed by atoms with Crippen LogP contribution in [-0.4, -0.2) is 38.6 Å². The predicted octanol–water partition coefficient (Wildman–Crippen LogP) is 4.34. The number of hydrogen-bond donors (Lipinski definition) is 0. The Balaban J connectivity index is 1.32. The van der Waals surface area contributed by atoms with Gasteiger partial charge in [-0.2, -0.15) is 5.10 Å². The summed E-state index contributed by atoms with van der Waals surface area (Å²) in [6.45, 7) is 0.902. The van der Waals surface area contributed by atoms with Crippen molar-refractivity contribution in [2.24, 2.45) is 5.92 Å². The van der Waals surface area contributed by atoms with Crippen LogP contribution in [0.1, 0.15) is 11.6 Å². The Morgan fingerprint density at radius 1 is 1.10 bits per heavy atom. The second kappa shape index (κ2) is 8.93. The summed E-state index contributed by atoms with van der Waals surface area (Å²) < 4.78 is 9.89. The van der Waals surface area contributed by atoms with Gasteiger partial charge >= 0.3 is 0 Å². The Morgan fingerprint density at radius 2 is 2.00 bits per heavy atom. The maximum absolute atomic E-state index is 6.26. The molecule has 8 heteroatoms. The molecule has 0 aliphatic carbocycles. The average Bonchev–Trinajstić information content (AvgIpc) is 3.56. The maximum atomic E-state index is 6.26. The van der Waals surface area contributed by atoms with Gasteiger partial charge in [-0.15, -0.1) is 0 Å². The highest BCUT2D eigenvalue weighted by Crippen LogP contribution is 2.34. The molecule has 2 aromatic heterocycles. The van der Waals surface area contributed by atoms with Gasteiger partial charge in [-0.3, -0.25) is 0 Å². The number of benzene rings is 2. The van der Waals surface area contributed by atoms with E-state index < -0.39 is 0 Å². The molecule has 7 nitrogen and oxygen atoms in total. The van der Waals surface area contributed by atoms with E-state index in [1.54, 1.807) is 23.4 Å². The smallest absolute Gasteiger partial charge is 0.126 e. The monoisotopic (exact) mass is 436 g/mol. The van der Waals surface area contributed by atoms with Crippen molar-refractivity contribution >= 4 is 11.6 Å². The van der Waals surface area contributed by atoms with Crippen molar-refractivity contribution < 1.29 is 14.5 Å². The molecule has 1 aliphatic rings. The van der Waals surface area contributed by atoms with Gasteiger partial charge in [0.25, 0.3) is 0 Å². The van der Waals surface area contributed by atoms with Gasteiger partial charge in [0, 0.05) is 29.8 Å². The number of rotatable bonds is 7. The largest absolute Gasteiger partial charge is 0.493 e. The molecular weight excluding hydrogens is 416 g/mol. The summed E-state index contributed by atoms with van der Waals surface area (Å²) in [5.41, 5.74) is 2.00. The van der Waals surface area contributed by atoms with Crippen LogP contribution in [0.2, 0.25) is 5.02 Å². The third-order valence-corrected chi connectivity index (χ3v) is 5.58. The molecule has 158 valence electrons. The van der Waals surface area contributed by atoms with Crippen LogP contribution in [0.3, 0.4) is 0 Å². The fourth-order valence-corrected chi connectivity index (χ4v) is 4.01. The second-order valence-electron chi connectivity index (χ2n) is 7.37. The minimum absolute atomic E-state index is 0.0252. The summed E-state index contributed by atoms with van der Waals surface area (Å²) in [5, 5.41) is 4.91. The van der Waals surface area contributed by atoms with Gasteiger partial charge < -0.3 is 9.30 Å². The standard InChI is InChI=1S/C23H21ClN4O3/c24-19-4-1-3-17(13-19)22(27-12-10-25-16-27)23-18(15-30-31-23)14-29-21-7-5-20(6-8-21)28-11-2-9-26-28/h1-13,16,18,22-23H,14-15H2. The number of aromatic nitrogens is 4. The molecule has 5 rings (SSSR count). The van der Waals surface area contributed by atoms with Gasteiger partial charge in [0.1, 0.15) is 11.9 Å². The van der Waals surface area contributed by atoms with Crippen LogP contribution in [0.25, 0.3) is 5.69 Å². The van der Waals surface area contributed by atoms with E-state index in [1.165, 1.54) is 0 Å². The van der Waals surface area contributed by atoms with E-state index >= 15 is 0 Å². The highest BCUT2D eigenvalue weighted by molar-refractivity contribution is 6.30. The van der Waals surface area contributed by atoms with Crippen molar-refractivity contribution in [2.45, 2.75) is 12.1 Å². The fraction of sp³-hybridized carbons (Fsp3) is 0.217. The number of halogens is 1. The van der Waals surface area contributed by atoms with Crippen LogP contribution in [0.4, 0.5) is 0 Å². The molecule has 4 aromatic rings. The predicted molar refractivity (Wildman–Crippen MR) is 115 cm³/mol. The van der Waals surface area contributed by atoms with E-state index in [9.17, 15) is 0 Å². The molecule has 0 saturated carbocycles. The molecule has 3 atom stereocenters. The van der Waals surface area contributed by atoms with Crippen molar-refractivity contribution in [3.8, 4) is 11.4 Å². The van der Waals surface area contributed by atoms with Crippen LogP contribution >= 0.6 is 11.6 Å². The zero-order valence-electron chi connectivity index (χ0n) is 16.6. The topological polar surface area (TPSA) is 63.3 Å². The van der Waals surface area contributed by atoms with Crippen molar-refractivity contribution in [2.75, 3.05) is 13.2 Å². The Labute approximate surface area is 184 Å². The Kier molecular flexibility index (Phi) is 5.71. The molecule has 0 bridgehead atoms. The van der Waals surface area contributed by atoms with Crippen molar-refractivity contribution in [1.29, 1.82) is 0 Å². The molecule has 31 heavy (non-hydrogen) atoms. The van der Waals surface area contributed by atoms with E-state index in [0.717, 1.165) is 17.0 Å². The minimum Gasteiger partial charge on any atom is -0.493 e. The van der Waals surface area contributed by atoms with Crippen LogP contribution < -0.4 is 4.74 Å². The van der Waals surface area contributed by atoms with Crippen LogP contribution in [0, 0.1) is 5.92 Å². The zero-order valence-corrected chi connectivity index (χ0v) is 17.4. The second-order valence-corrected chi connectivity index (χ2v) is 7.81. The Morgan fingerprint density at radius 3 is 2.74 bits per heavy atom. The van der Waals surface area contributed by atoms with Gasteiger partial charge in [0.05, 0.1) is 37.2 Å². The first-order chi connectivity index (χ1) is 15.3. The molecule has 1 aliphatic heterocycles. The number of nitrogens with zero attached hydrogens (tertiary/aromatic N) is 4.